The van der Waals surface area contributed by atoms with Gasteiger partial charge in [0.15, 0.2) is 0 Å². The molecule has 0 radical (unpaired) electrons. The molecule has 0 aromatic carbocycles. The number of hydrogen-bond donors (Lipinski definition) is 1. The zero-order chi connectivity index (χ0) is 13.2. The van der Waals surface area contributed by atoms with Gasteiger partial charge in [0.1, 0.15) is 0 Å². The first kappa shape index (κ1) is 14.1. The van der Waals surface area contributed by atoms with Gasteiger partial charge in [-0.1, -0.05) is 41.5 Å². The van der Waals surface area contributed by atoms with Crippen molar-refractivity contribution in [3.05, 3.63) is 21.6 Å². The number of aromatic nitrogens is 2. The molecule has 0 saturated carbocycles. The van der Waals surface area contributed by atoms with Crippen LogP contribution in [0.15, 0.2) is 4.79 Å². The number of nitrogens with one attached hydrogen (secondary N) is 1. The molecule has 0 aliphatic rings. The maximum Gasteiger partial charge on any atom is 0.269 e. The van der Waals surface area contributed by atoms with Crippen LogP contribution in [0, 0.1) is 11.8 Å². The van der Waals surface area contributed by atoms with Gasteiger partial charge in [0.2, 0.25) is 0 Å². The molecule has 98 valence electrons. The lowest BCUT2D eigenvalue weighted by Crippen LogP contribution is -2.22. The minimum atomic E-state index is 0.177. The average Bonchev–Trinajstić information content (AvgIpc) is 2.45. The summed E-state index contributed by atoms with van der Waals surface area (Å²) in [5, 5.41) is 3.29. The number of nitrogens with zero attached hydrogens (tertiary/aromatic N) is 1. The van der Waals surface area contributed by atoms with E-state index in [0.717, 1.165) is 24.2 Å². The van der Waals surface area contributed by atoms with Gasteiger partial charge in [0.25, 0.3) is 5.56 Å². The first-order chi connectivity index (χ1) is 7.82. The topological polar surface area (TPSA) is 37.8 Å². The van der Waals surface area contributed by atoms with Crippen LogP contribution in [-0.4, -0.2) is 9.78 Å². The van der Waals surface area contributed by atoms with E-state index in [4.69, 9.17) is 0 Å². The Labute approximate surface area is 104 Å². The second-order valence-electron chi connectivity index (χ2n) is 6.07. The Hall–Kier alpha value is -0.990. The molecule has 1 aromatic heterocycles. The molecule has 3 nitrogen and oxygen atoms in total. The minimum absolute atomic E-state index is 0.177. The Morgan fingerprint density at radius 1 is 1.06 bits per heavy atom. The summed E-state index contributed by atoms with van der Waals surface area (Å²) in [4.78, 5) is 12.3. The van der Waals surface area contributed by atoms with E-state index in [1.807, 2.05) is 0 Å². The van der Waals surface area contributed by atoms with Crippen molar-refractivity contribution in [2.75, 3.05) is 0 Å². The van der Waals surface area contributed by atoms with Crippen molar-refractivity contribution in [1.82, 2.24) is 9.78 Å². The first-order valence-electron chi connectivity index (χ1n) is 6.64. The van der Waals surface area contributed by atoms with Crippen molar-refractivity contribution < 1.29 is 0 Å². The second kappa shape index (κ2) is 5.56. The molecule has 1 N–H and O–H groups in total. The van der Waals surface area contributed by atoms with E-state index in [9.17, 15) is 4.79 Å². The summed E-state index contributed by atoms with van der Waals surface area (Å²) in [6.07, 6.45) is 0.869. The molecule has 1 rings (SSSR count). The summed E-state index contributed by atoms with van der Waals surface area (Å²) >= 11 is 0. The van der Waals surface area contributed by atoms with Gasteiger partial charge in [-0.05, 0) is 24.2 Å². The van der Waals surface area contributed by atoms with E-state index >= 15 is 0 Å². The monoisotopic (exact) mass is 238 g/mol. The molecule has 0 unspecified atom stereocenters. The van der Waals surface area contributed by atoms with E-state index in [2.05, 4.69) is 46.6 Å². The molecule has 0 aliphatic heterocycles. The molecule has 0 bridgehead atoms. The highest BCUT2D eigenvalue weighted by atomic mass is 16.1. The van der Waals surface area contributed by atoms with E-state index in [-0.39, 0.29) is 5.56 Å². The zero-order valence-corrected chi connectivity index (χ0v) is 12.0. The van der Waals surface area contributed by atoms with Crippen LogP contribution >= 0.6 is 0 Å². The van der Waals surface area contributed by atoms with Gasteiger partial charge in [0.05, 0.1) is 0 Å². The summed E-state index contributed by atoms with van der Waals surface area (Å²) in [5.41, 5.74) is 2.27. The Morgan fingerprint density at radius 2 is 1.65 bits per heavy atom. The highest BCUT2D eigenvalue weighted by molar-refractivity contribution is 5.21. The van der Waals surface area contributed by atoms with Gasteiger partial charge in [-0.3, -0.25) is 14.6 Å². The molecular formula is C14H26N2O. The molecule has 1 heterocycles. The number of aromatic amines is 1. The predicted octanol–water partition coefficient (Wildman–Crippen LogP) is 3.15. The van der Waals surface area contributed by atoms with Gasteiger partial charge in [-0.25, -0.2) is 0 Å². The predicted molar refractivity (Wildman–Crippen MR) is 72.5 cm³/mol. The minimum Gasteiger partial charge on any atom is -0.299 e. The average molecular weight is 238 g/mol. The van der Waals surface area contributed by atoms with Crippen LogP contribution in [0.5, 0.6) is 0 Å². The summed E-state index contributed by atoms with van der Waals surface area (Å²) in [6, 6.07) is 0. The van der Waals surface area contributed by atoms with E-state index in [1.54, 1.807) is 4.68 Å². The molecule has 0 spiro atoms. The third-order valence-corrected chi connectivity index (χ3v) is 2.82. The maximum absolute atomic E-state index is 12.3. The normalized spacial score (nSPS) is 12.1. The molecule has 17 heavy (non-hydrogen) atoms. The molecule has 0 atom stereocenters. The van der Waals surface area contributed by atoms with E-state index < -0.39 is 0 Å². The van der Waals surface area contributed by atoms with E-state index in [1.165, 1.54) is 0 Å². The summed E-state index contributed by atoms with van der Waals surface area (Å²) in [5.74, 6) is 1.38. The lowest BCUT2D eigenvalue weighted by Gasteiger charge is -2.07. The maximum atomic E-state index is 12.3. The van der Waals surface area contributed by atoms with Crippen LogP contribution in [0.1, 0.15) is 58.7 Å². The summed E-state index contributed by atoms with van der Waals surface area (Å²) in [6.45, 7) is 13.6. The van der Waals surface area contributed by atoms with Crippen LogP contribution in [0.25, 0.3) is 0 Å². The van der Waals surface area contributed by atoms with Gasteiger partial charge in [-0.2, -0.15) is 0 Å². The second-order valence-corrected chi connectivity index (χ2v) is 6.07. The Morgan fingerprint density at radius 3 is 2.06 bits per heavy atom. The fraction of sp³-hybridized carbons (Fsp3) is 0.786. The highest BCUT2D eigenvalue weighted by Gasteiger charge is 2.17. The van der Waals surface area contributed by atoms with Crippen molar-refractivity contribution in [3.63, 3.8) is 0 Å². The molecule has 3 heteroatoms. The summed E-state index contributed by atoms with van der Waals surface area (Å²) < 4.78 is 1.78. The van der Waals surface area contributed by atoms with Crippen molar-refractivity contribution in [3.8, 4) is 0 Å². The molecule has 0 amide bonds. The number of rotatable bonds is 5. The van der Waals surface area contributed by atoms with Gasteiger partial charge >= 0.3 is 0 Å². The lowest BCUT2D eigenvalue weighted by molar-refractivity contribution is 0.467. The third-order valence-electron chi connectivity index (χ3n) is 2.82. The fourth-order valence-electron chi connectivity index (χ4n) is 2.12. The molecule has 0 fully saturated rings. The van der Waals surface area contributed by atoms with Crippen LogP contribution in [-0.2, 0) is 13.0 Å². The van der Waals surface area contributed by atoms with Crippen molar-refractivity contribution in [2.45, 2.75) is 60.4 Å². The van der Waals surface area contributed by atoms with Crippen LogP contribution in [0.2, 0.25) is 0 Å². The standard InChI is InChI=1S/C14H26N2O/c1-9(2)7-12-13(11(5)6)15-16(14(12)17)8-10(3)4/h9-11,15H,7-8H2,1-6H3. The van der Waals surface area contributed by atoms with Crippen molar-refractivity contribution in [2.24, 2.45) is 11.8 Å². The third kappa shape index (κ3) is 3.48. The Kier molecular flexibility index (Phi) is 4.61. The molecule has 0 aliphatic carbocycles. The van der Waals surface area contributed by atoms with E-state index in [0.29, 0.717) is 17.8 Å². The van der Waals surface area contributed by atoms with Crippen molar-refractivity contribution in [1.29, 1.82) is 0 Å². The quantitative estimate of drug-likeness (QED) is 0.840. The Balaban J connectivity index is 3.16. The summed E-state index contributed by atoms with van der Waals surface area (Å²) in [7, 11) is 0. The van der Waals surface area contributed by atoms with Crippen LogP contribution in [0.4, 0.5) is 0 Å². The van der Waals surface area contributed by atoms with Gasteiger partial charge < -0.3 is 0 Å². The zero-order valence-electron chi connectivity index (χ0n) is 12.0. The van der Waals surface area contributed by atoms with Gasteiger partial charge in [0, 0.05) is 17.8 Å². The molecule has 1 aromatic rings. The number of hydrogen-bond acceptors (Lipinski definition) is 1. The molecular weight excluding hydrogens is 212 g/mol. The number of H-pyrrole nitrogens is 1. The fourth-order valence-corrected chi connectivity index (χ4v) is 2.12. The highest BCUT2D eigenvalue weighted by Crippen LogP contribution is 2.17. The smallest absolute Gasteiger partial charge is 0.269 e. The molecule has 0 saturated heterocycles. The SMILES string of the molecule is CC(C)Cc1c(C(C)C)[nH]n(CC(C)C)c1=O. The lowest BCUT2D eigenvalue weighted by atomic mass is 9.98. The largest absolute Gasteiger partial charge is 0.299 e. The Bertz CT molecular complexity index is 410. The van der Waals surface area contributed by atoms with Crippen LogP contribution < -0.4 is 5.56 Å². The first-order valence-corrected chi connectivity index (χ1v) is 6.64. The van der Waals surface area contributed by atoms with Crippen molar-refractivity contribution >= 4 is 0 Å². The van der Waals surface area contributed by atoms with Gasteiger partial charge in [-0.15, -0.1) is 0 Å². The van der Waals surface area contributed by atoms with Crippen LogP contribution in [0.3, 0.4) is 0 Å².